The van der Waals surface area contributed by atoms with Gasteiger partial charge in [-0.3, -0.25) is 13.9 Å². The lowest BCUT2D eigenvalue weighted by atomic mass is 10.0. The highest BCUT2D eigenvalue weighted by Gasteiger charge is 2.35. The van der Waals surface area contributed by atoms with Crippen molar-refractivity contribution in [3.8, 4) is 0 Å². The van der Waals surface area contributed by atoms with Gasteiger partial charge in [0.05, 0.1) is 10.6 Å². The molecule has 0 saturated carbocycles. The number of sulfonamides is 1. The van der Waals surface area contributed by atoms with E-state index in [2.05, 4.69) is 5.32 Å². The topological polar surface area (TPSA) is 86.8 Å². The molecule has 0 unspecified atom stereocenters. The molecule has 0 spiro atoms. The van der Waals surface area contributed by atoms with E-state index < -0.39 is 40.2 Å². The van der Waals surface area contributed by atoms with Crippen molar-refractivity contribution in [3.05, 3.63) is 130 Å². The molecule has 4 aromatic rings. The number of benzene rings is 4. The lowest BCUT2D eigenvalue weighted by Crippen LogP contribution is -2.53. The van der Waals surface area contributed by atoms with Crippen molar-refractivity contribution < 1.29 is 22.4 Å². The van der Waals surface area contributed by atoms with Gasteiger partial charge in [-0.05, 0) is 53.9 Å². The van der Waals surface area contributed by atoms with Crippen LogP contribution in [0.2, 0.25) is 10.0 Å². The summed E-state index contributed by atoms with van der Waals surface area (Å²) in [5.41, 5.74) is 0.977. The summed E-state index contributed by atoms with van der Waals surface area (Å²) in [7, 11) is -4.41. The van der Waals surface area contributed by atoms with Crippen molar-refractivity contribution in [1.29, 1.82) is 0 Å². The lowest BCUT2D eigenvalue weighted by Gasteiger charge is -2.34. The lowest BCUT2D eigenvalue weighted by molar-refractivity contribution is -0.140. The van der Waals surface area contributed by atoms with Crippen molar-refractivity contribution in [3.63, 3.8) is 0 Å². The maximum atomic E-state index is 15.2. The largest absolute Gasteiger partial charge is 0.354 e. The molecule has 1 N–H and O–H groups in total. The summed E-state index contributed by atoms with van der Waals surface area (Å²) < 4.78 is 43.7. The van der Waals surface area contributed by atoms with Crippen LogP contribution in [0.15, 0.2) is 108 Å². The quantitative estimate of drug-likeness (QED) is 0.178. The molecular formula is C33H32Cl2FN3O4S. The van der Waals surface area contributed by atoms with Crippen LogP contribution in [-0.4, -0.2) is 44.3 Å². The molecular weight excluding hydrogens is 624 g/mol. The number of halogens is 3. The molecule has 0 bridgehead atoms. The average molecular weight is 657 g/mol. The van der Waals surface area contributed by atoms with Gasteiger partial charge in [0.2, 0.25) is 11.8 Å². The Balaban J connectivity index is 1.82. The van der Waals surface area contributed by atoms with Gasteiger partial charge in [-0.1, -0.05) is 96.9 Å². The molecule has 230 valence electrons. The summed E-state index contributed by atoms with van der Waals surface area (Å²) in [6, 6.07) is 25.7. The third-order valence-corrected chi connectivity index (χ3v) is 9.27. The van der Waals surface area contributed by atoms with E-state index in [0.29, 0.717) is 23.6 Å². The minimum atomic E-state index is -4.41. The van der Waals surface area contributed by atoms with E-state index >= 15 is 4.39 Å². The van der Waals surface area contributed by atoms with Gasteiger partial charge in [-0.2, -0.15) is 0 Å². The third kappa shape index (κ3) is 8.16. The maximum absolute atomic E-state index is 15.2. The van der Waals surface area contributed by atoms with E-state index in [9.17, 15) is 18.0 Å². The van der Waals surface area contributed by atoms with Crippen LogP contribution in [0, 0.1) is 5.82 Å². The van der Waals surface area contributed by atoms with Crippen molar-refractivity contribution in [1.82, 2.24) is 10.2 Å². The maximum Gasteiger partial charge on any atom is 0.264 e. The molecule has 0 saturated heterocycles. The summed E-state index contributed by atoms with van der Waals surface area (Å²) in [5.74, 6) is -1.97. The molecule has 0 aliphatic heterocycles. The second-order valence-corrected chi connectivity index (χ2v) is 12.7. The van der Waals surface area contributed by atoms with Gasteiger partial charge >= 0.3 is 0 Å². The Labute approximate surface area is 267 Å². The van der Waals surface area contributed by atoms with Gasteiger partial charge in [0.25, 0.3) is 10.0 Å². The van der Waals surface area contributed by atoms with Crippen LogP contribution in [0.25, 0.3) is 0 Å². The summed E-state index contributed by atoms with van der Waals surface area (Å²) >= 11 is 12.6. The fourth-order valence-electron chi connectivity index (χ4n) is 4.64. The predicted molar refractivity (Wildman–Crippen MR) is 172 cm³/mol. The fraction of sp³-hybridized carbons (Fsp3) is 0.212. The molecule has 4 rings (SSSR count). The minimum Gasteiger partial charge on any atom is -0.354 e. The second kappa shape index (κ2) is 15.2. The number of hydrogen-bond acceptors (Lipinski definition) is 4. The molecule has 4 aromatic carbocycles. The van der Waals surface area contributed by atoms with Crippen LogP contribution < -0.4 is 9.62 Å². The molecule has 0 aliphatic carbocycles. The Hall–Kier alpha value is -3.92. The predicted octanol–water partition coefficient (Wildman–Crippen LogP) is 6.49. The number of carbonyl (C=O) groups excluding carboxylic acids is 2. The normalized spacial score (nSPS) is 11.9. The molecule has 0 fully saturated rings. The van der Waals surface area contributed by atoms with Gasteiger partial charge in [0, 0.05) is 29.6 Å². The summed E-state index contributed by atoms with van der Waals surface area (Å²) in [5, 5.41) is 3.52. The van der Waals surface area contributed by atoms with Crippen molar-refractivity contribution in [2.24, 2.45) is 0 Å². The molecule has 0 radical (unpaired) electrons. The number of anilines is 1. The number of carbonyl (C=O) groups is 2. The van der Waals surface area contributed by atoms with Crippen LogP contribution in [0.5, 0.6) is 0 Å². The smallest absolute Gasteiger partial charge is 0.264 e. The first-order valence-electron chi connectivity index (χ1n) is 14.0. The van der Waals surface area contributed by atoms with E-state index in [-0.39, 0.29) is 28.6 Å². The first-order chi connectivity index (χ1) is 21.1. The van der Waals surface area contributed by atoms with E-state index in [4.69, 9.17) is 23.2 Å². The van der Waals surface area contributed by atoms with E-state index in [1.54, 1.807) is 18.2 Å². The summed E-state index contributed by atoms with van der Waals surface area (Å²) in [6.45, 7) is 1.36. The third-order valence-electron chi connectivity index (χ3n) is 6.91. The first kappa shape index (κ1) is 33.0. The molecule has 0 aromatic heterocycles. The van der Waals surface area contributed by atoms with E-state index in [0.717, 1.165) is 15.9 Å². The number of rotatable bonds is 13. The Morgan fingerprint density at radius 2 is 1.52 bits per heavy atom. The second-order valence-electron chi connectivity index (χ2n) is 10.0. The standard InChI is InChI=1S/C33H32Cl2FN3O4S/c1-2-19-37-33(41)31(20-24-11-5-3-6-12-24)38(22-25-17-18-26(34)21-28(25)35)32(40)23-39(30-16-10-9-15-29(30)36)44(42,43)27-13-7-4-8-14-27/h3-18,21,31H,2,19-20,22-23H2,1H3,(H,37,41)/t31-/m1/s1. The van der Waals surface area contributed by atoms with Crippen molar-refractivity contribution in [2.45, 2.75) is 37.2 Å². The average Bonchev–Trinajstić information content (AvgIpc) is 3.02. The molecule has 0 aliphatic rings. The van der Waals surface area contributed by atoms with Gasteiger partial charge in [-0.25, -0.2) is 12.8 Å². The highest BCUT2D eigenvalue weighted by atomic mass is 35.5. The molecule has 1 atom stereocenters. The zero-order valence-electron chi connectivity index (χ0n) is 24.0. The molecule has 11 heteroatoms. The van der Waals surface area contributed by atoms with E-state index in [1.165, 1.54) is 53.4 Å². The number of nitrogens with one attached hydrogen (secondary N) is 1. The number of nitrogens with zero attached hydrogens (tertiary/aromatic N) is 2. The fourth-order valence-corrected chi connectivity index (χ4v) is 6.55. The van der Waals surface area contributed by atoms with Gasteiger partial charge < -0.3 is 10.2 Å². The Morgan fingerprint density at radius 1 is 0.886 bits per heavy atom. The summed E-state index contributed by atoms with van der Waals surface area (Å²) in [4.78, 5) is 29.2. The minimum absolute atomic E-state index is 0.120. The monoisotopic (exact) mass is 655 g/mol. The SMILES string of the molecule is CCCNC(=O)[C@@H](Cc1ccccc1)N(Cc1ccc(Cl)cc1Cl)C(=O)CN(c1ccccc1F)S(=O)(=O)c1ccccc1. The van der Waals surface area contributed by atoms with Crippen LogP contribution in [0.3, 0.4) is 0 Å². The van der Waals surface area contributed by atoms with Crippen molar-refractivity contribution in [2.75, 3.05) is 17.4 Å². The summed E-state index contributed by atoms with van der Waals surface area (Å²) in [6.07, 6.45) is 0.801. The Morgan fingerprint density at radius 3 is 2.16 bits per heavy atom. The van der Waals surface area contributed by atoms with Gasteiger partial charge in [0.1, 0.15) is 18.4 Å². The first-order valence-corrected chi connectivity index (χ1v) is 16.2. The van der Waals surface area contributed by atoms with E-state index in [1.807, 2.05) is 37.3 Å². The zero-order chi connectivity index (χ0) is 31.7. The highest BCUT2D eigenvalue weighted by Crippen LogP contribution is 2.28. The molecule has 0 heterocycles. The Bertz CT molecular complexity index is 1690. The van der Waals surface area contributed by atoms with Crippen LogP contribution in [0.4, 0.5) is 10.1 Å². The van der Waals surface area contributed by atoms with Crippen LogP contribution >= 0.6 is 23.2 Å². The van der Waals surface area contributed by atoms with Crippen molar-refractivity contribution >= 4 is 50.7 Å². The van der Waals surface area contributed by atoms with Crippen LogP contribution in [-0.2, 0) is 32.6 Å². The molecule has 2 amide bonds. The van der Waals surface area contributed by atoms with Crippen LogP contribution in [0.1, 0.15) is 24.5 Å². The zero-order valence-corrected chi connectivity index (χ0v) is 26.3. The van der Waals surface area contributed by atoms with Gasteiger partial charge in [0.15, 0.2) is 0 Å². The Kier molecular flexibility index (Phi) is 11.4. The number of amides is 2. The number of hydrogen-bond donors (Lipinski definition) is 1. The van der Waals surface area contributed by atoms with Gasteiger partial charge in [-0.15, -0.1) is 0 Å². The molecule has 44 heavy (non-hydrogen) atoms. The highest BCUT2D eigenvalue weighted by molar-refractivity contribution is 7.92. The molecule has 7 nitrogen and oxygen atoms in total. The number of para-hydroxylation sites is 1.